The normalized spacial score (nSPS) is 11.1. The Kier molecular flexibility index (Phi) is 3.49. The fourth-order valence-electron chi connectivity index (χ4n) is 2.52. The molecular formula is C16H16BrN3. The van der Waals surface area contributed by atoms with Crippen LogP contribution in [0.2, 0.25) is 0 Å². The van der Waals surface area contributed by atoms with Crippen LogP contribution in [0.15, 0.2) is 46.9 Å². The van der Waals surface area contributed by atoms with Crippen molar-refractivity contribution in [2.24, 2.45) is 0 Å². The van der Waals surface area contributed by atoms with E-state index < -0.39 is 0 Å². The van der Waals surface area contributed by atoms with Gasteiger partial charge in [-0.3, -0.25) is 0 Å². The summed E-state index contributed by atoms with van der Waals surface area (Å²) in [7, 11) is 0. The molecular weight excluding hydrogens is 314 g/mol. The molecule has 20 heavy (non-hydrogen) atoms. The molecule has 0 aliphatic carbocycles. The molecule has 2 aromatic carbocycles. The number of hydrogen-bond donors (Lipinski definition) is 1. The second kappa shape index (κ2) is 5.29. The van der Waals surface area contributed by atoms with Gasteiger partial charge in [0.15, 0.2) is 0 Å². The average molecular weight is 330 g/mol. The minimum atomic E-state index is 0.775. The Morgan fingerprint density at radius 3 is 2.75 bits per heavy atom. The van der Waals surface area contributed by atoms with E-state index in [4.69, 9.17) is 10.7 Å². The standard InChI is InChI=1S/C16H16BrN3/c1-2-16-19-14-5-3-4-6-15(14)20(16)10-11-7-12(17)9-13(18)8-11/h3-9H,2,10,18H2,1H3. The third-order valence-corrected chi connectivity index (χ3v) is 3.83. The number of fused-ring (bicyclic) bond motifs is 1. The van der Waals surface area contributed by atoms with Gasteiger partial charge in [0.2, 0.25) is 0 Å². The lowest BCUT2D eigenvalue weighted by Crippen LogP contribution is -2.05. The summed E-state index contributed by atoms with van der Waals surface area (Å²) >= 11 is 3.50. The Balaban J connectivity index is 2.09. The van der Waals surface area contributed by atoms with Crippen LogP contribution >= 0.6 is 15.9 Å². The van der Waals surface area contributed by atoms with E-state index in [2.05, 4.69) is 51.7 Å². The number of halogens is 1. The summed E-state index contributed by atoms with van der Waals surface area (Å²) < 4.78 is 3.27. The van der Waals surface area contributed by atoms with E-state index in [-0.39, 0.29) is 0 Å². The van der Waals surface area contributed by atoms with Gasteiger partial charge in [0.25, 0.3) is 0 Å². The summed E-state index contributed by atoms with van der Waals surface area (Å²) in [6.45, 7) is 2.92. The van der Waals surface area contributed by atoms with E-state index in [9.17, 15) is 0 Å². The quantitative estimate of drug-likeness (QED) is 0.738. The van der Waals surface area contributed by atoms with Crippen molar-refractivity contribution >= 4 is 32.7 Å². The van der Waals surface area contributed by atoms with E-state index in [1.807, 2.05) is 18.2 Å². The van der Waals surface area contributed by atoms with Crippen molar-refractivity contribution in [3.05, 3.63) is 58.3 Å². The van der Waals surface area contributed by atoms with E-state index >= 15 is 0 Å². The lowest BCUT2D eigenvalue weighted by Gasteiger charge is -2.09. The van der Waals surface area contributed by atoms with E-state index in [0.29, 0.717) is 0 Å². The Morgan fingerprint density at radius 2 is 2.00 bits per heavy atom. The number of aryl methyl sites for hydroxylation is 1. The maximum absolute atomic E-state index is 5.92. The Morgan fingerprint density at radius 1 is 1.20 bits per heavy atom. The van der Waals surface area contributed by atoms with E-state index in [1.54, 1.807) is 0 Å². The first-order chi connectivity index (χ1) is 9.67. The zero-order chi connectivity index (χ0) is 14.1. The summed E-state index contributed by atoms with van der Waals surface area (Å²) in [4.78, 5) is 4.69. The summed E-state index contributed by atoms with van der Waals surface area (Å²) in [5.74, 6) is 1.10. The zero-order valence-corrected chi connectivity index (χ0v) is 12.9. The van der Waals surface area contributed by atoms with Crippen LogP contribution in [0.3, 0.4) is 0 Å². The molecule has 0 amide bonds. The van der Waals surface area contributed by atoms with Gasteiger partial charge in [0.05, 0.1) is 11.0 Å². The molecule has 3 nitrogen and oxygen atoms in total. The maximum atomic E-state index is 5.92. The van der Waals surface area contributed by atoms with Crippen LogP contribution in [0.4, 0.5) is 5.69 Å². The van der Waals surface area contributed by atoms with Crippen molar-refractivity contribution in [1.82, 2.24) is 9.55 Å². The molecule has 4 heteroatoms. The molecule has 0 spiro atoms. The largest absolute Gasteiger partial charge is 0.399 e. The fraction of sp³-hybridized carbons (Fsp3) is 0.188. The van der Waals surface area contributed by atoms with Gasteiger partial charge in [-0.2, -0.15) is 0 Å². The molecule has 0 bridgehead atoms. The highest BCUT2D eigenvalue weighted by atomic mass is 79.9. The van der Waals surface area contributed by atoms with Crippen molar-refractivity contribution < 1.29 is 0 Å². The molecule has 0 aliphatic rings. The first-order valence-electron chi connectivity index (χ1n) is 6.66. The van der Waals surface area contributed by atoms with Crippen LogP contribution in [-0.4, -0.2) is 9.55 Å². The molecule has 3 aromatic rings. The molecule has 2 N–H and O–H groups in total. The number of para-hydroxylation sites is 2. The van der Waals surface area contributed by atoms with Crippen molar-refractivity contribution in [3.63, 3.8) is 0 Å². The van der Waals surface area contributed by atoms with Gasteiger partial charge in [-0.05, 0) is 35.9 Å². The van der Waals surface area contributed by atoms with Crippen LogP contribution in [0.1, 0.15) is 18.3 Å². The van der Waals surface area contributed by atoms with Crippen molar-refractivity contribution in [1.29, 1.82) is 0 Å². The smallest absolute Gasteiger partial charge is 0.109 e. The molecule has 0 radical (unpaired) electrons. The number of benzene rings is 2. The van der Waals surface area contributed by atoms with Gasteiger partial charge in [0, 0.05) is 23.1 Å². The average Bonchev–Trinajstić information content (AvgIpc) is 2.76. The number of hydrogen-bond acceptors (Lipinski definition) is 2. The molecule has 102 valence electrons. The fourth-order valence-corrected chi connectivity index (χ4v) is 3.08. The minimum absolute atomic E-state index is 0.775. The van der Waals surface area contributed by atoms with Crippen molar-refractivity contribution in [2.75, 3.05) is 5.73 Å². The van der Waals surface area contributed by atoms with Crippen LogP contribution in [-0.2, 0) is 13.0 Å². The summed E-state index contributed by atoms with van der Waals surface area (Å²) in [5, 5.41) is 0. The highest BCUT2D eigenvalue weighted by molar-refractivity contribution is 9.10. The van der Waals surface area contributed by atoms with E-state index in [1.165, 1.54) is 11.1 Å². The van der Waals surface area contributed by atoms with Crippen LogP contribution in [0, 0.1) is 0 Å². The van der Waals surface area contributed by atoms with Gasteiger partial charge in [-0.15, -0.1) is 0 Å². The number of aromatic nitrogens is 2. The lowest BCUT2D eigenvalue weighted by atomic mass is 10.2. The monoisotopic (exact) mass is 329 g/mol. The SMILES string of the molecule is CCc1nc2ccccc2n1Cc1cc(N)cc(Br)c1. The number of anilines is 1. The Hall–Kier alpha value is -1.81. The summed E-state index contributed by atoms with van der Waals surface area (Å²) in [5.41, 5.74) is 10.1. The topological polar surface area (TPSA) is 43.8 Å². The predicted octanol–water partition coefficient (Wildman–Crippen LogP) is 3.99. The van der Waals surface area contributed by atoms with Crippen LogP contribution in [0.5, 0.6) is 0 Å². The number of nitrogens with two attached hydrogens (primary N) is 1. The second-order valence-corrected chi connectivity index (χ2v) is 5.76. The number of nitrogen functional groups attached to an aromatic ring is 1. The molecule has 0 atom stereocenters. The lowest BCUT2D eigenvalue weighted by molar-refractivity contribution is 0.753. The predicted molar refractivity (Wildman–Crippen MR) is 86.8 cm³/mol. The molecule has 1 aromatic heterocycles. The van der Waals surface area contributed by atoms with Crippen molar-refractivity contribution in [2.45, 2.75) is 19.9 Å². The zero-order valence-electron chi connectivity index (χ0n) is 11.3. The first-order valence-corrected chi connectivity index (χ1v) is 7.45. The highest BCUT2D eigenvalue weighted by Crippen LogP contribution is 2.22. The van der Waals surface area contributed by atoms with Crippen LogP contribution in [0.25, 0.3) is 11.0 Å². The molecule has 0 unspecified atom stereocenters. The van der Waals surface area contributed by atoms with Crippen LogP contribution < -0.4 is 5.73 Å². The summed E-state index contributed by atoms with van der Waals surface area (Å²) in [6.07, 6.45) is 0.915. The molecule has 3 rings (SSSR count). The van der Waals surface area contributed by atoms with Gasteiger partial charge >= 0.3 is 0 Å². The summed E-state index contributed by atoms with van der Waals surface area (Å²) in [6, 6.07) is 14.3. The molecule has 0 fully saturated rings. The van der Waals surface area contributed by atoms with Gasteiger partial charge in [0.1, 0.15) is 5.82 Å². The Labute approximate surface area is 126 Å². The Bertz CT molecular complexity index is 741. The van der Waals surface area contributed by atoms with E-state index in [0.717, 1.165) is 34.5 Å². The third-order valence-electron chi connectivity index (χ3n) is 3.37. The van der Waals surface area contributed by atoms with Crippen molar-refractivity contribution in [3.8, 4) is 0 Å². The minimum Gasteiger partial charge on any atom is -0.399 e. The first kappa shape index (κ1) is 13.2. The van der Waals surface area contributed by atoms with Gasteiger partial charge in [-0.25, -0.2) is 4.98 Å². The molecule has 1 heterocycles. The third kappa shape index (κ3) is 2.43. The number of rotatable bonds is 3. The van der Waals surface area contributed by atoms with Gasteiger partial charge < -0.3 is 10.3 Å². The second-order valence-electron chi connectivity index (χ2n) is 4.85. The molecule has 0 saturated carbocycles. The van der Waals surface area contributed by atoms with Gasteiger partial charge in [-0.1, -0.05) is 35.0 Å². The molecule has 0 aliphatic heterocycles. The highest BCUT2D eigenvalue weighted by Gasteiger charge is 2.09. The number of imidazole rings is 1. The molecule has 0 saturated heterocycles. The number of nitrogens with zero attached hydrogens (tertiary/aromatic N) is 2. The maximum Gasteiger partial charge on any atom is 0.109 e.